The van der Waals surface area contributed by atoms with Gasteiger partial charge < -0.3 is 15.0 Å². The zero-order valence-corrected chi connectivity index (χ0v) is 14.1. The van der Waals surface area contributed by atoms with E-state index in [4.69, 9.17) is 4.74 Å². The molecule has 1 aliphatic carbocycles. The van der Waals surface area contributed by atoms with Crippen LogP contribution in [0.15, 0.2) is 0 Å². The van der Waals surface area contributed by atoms with E-state index in [1.54, 1.807) is 0 Å². The van der Waals surface area contributed by atoms with Gasteiger partial charge in [-0.15, -0.1) is 0 Å². The van der Waals surface area contributed by atoms with Gasteiger partial charge in [-0.25, -0.2) is 0 Å². The topological polar surface area (TPSA) is 41.6 Å². The van der Waals surface area contributed by atoms with Crippen molar-refractivity contribution in [3.8, 4) is 0 Å². The lowest BCUT2D eigenvalue weighted by atomic mass is 9.75. The van der Waals surface area contributed by atoms with Gasteiger partial charge in [0, 0.05) is 12.6 Å². The molecule has 1 atom stereocenters. The third kappa shape index (κ3) is 4.45. The summed E-state index contributed by atoms with van der Waals surface area (Å²) in [5.74, 6) is -0.182. The Balaban J connectivity index is 2.47. The lowest BCUT2D eigenvalue weighted by Gasteiger charge is -2.39. The van der Waals surface area contributed by atoms with E-state index in [9.17, 15) is 4.79 Å². The molecule has 0 radical (unpaired) electrons. The minimum absolute atomic E-state index is 0.182. The summed E-state index contributed by atoms with van der Waals surface area (Å²) in [5, 5.41) is 3.10. The first kappa shape index (κ1) is 17.4. The summed E-state index contributed by atoms with van der Waals surface area (Å²) in [6.07, 6.45) is 5.88. The molecule has 0 aliphatic heterocycles. The van der Waals surface area contributed by atoms with Crippen LogP contribution in [0, 0.1) is 5.41 Å². The molecule has 4 heteroatoms. The van der Waals surface area contributed by atoms with Crippen molar-refractivity contribution in [3.05, 3.63) is 0 Å². The van der Waals surface area contributed by atoms with Crippen LogP contribution in [0.4, 0.5) is 0 Å². The molecule has 1 unspecified atom stereocenters. The molecule has 4 nitrogen and oxygen atoms in total. The number of esters is 1. The van der Waals surface area contributed by atoms with Crippen molar-refractivity contribution in [2.24, 2.45) is 5.41 Å². The molecule has 1 aliphatic rings. The molecule has 1 rings (SSSR count). The van der Waals surface area contributed by atoms with Gasteiger partial charge in [-0.1, -0.05) is 13.8 Å². The Bertz CT molecular complexity index is 320. The second kappa shape index (κ2) is 6.90. The molecule has 0 bridgehead atoms. The van der Waals surface area contributed by atoms with E-state index < -0.39 is 5.54 Å². The molecular formula is C16H32N2O2. The summed E-state index contributed by atoms with van der Waals surface area (Å²) in [7, 11) is 5.45. The lowest BCUT2D eigenvalue weighted by molar-refractivity contribution is -0.148. The molecule has 0 spiro atoms. The Morgan fingerprint density at radius 1 is 1.40 bits per heavy atom. The normalized spacial score (nSPS) is 22.6. The number of likely N-dealkylation sites (N-methyl/N-ethyl adjacent to an activating group) is 1. The highest BCUT2D eigenvalue weighted by Gasteiger charge is 2.34. The molecule has 118 valence electrons. The molecule has 1 N–H and O–H groups in total. The van der Waals surface area contributed by atoms with Crippen molar-refractivity contribution in [1.29, 1.82) is 0 Å². The number of methoxy groups -OCH3 is 1. The van der Waals surface area contributed by atoms with Crippen molar-refractivity contribution < 1.29 is 9.53 Å². The summed E-state index contributed by atoms with van der Waals surface area (Å²) in [5.41, 5.74) is -0.0835. The van der Waals surface area contributed by atoms with Crippen LogP contribution in [0.1, 0.15) is 52.9 Å². The smallest absolute Gasteiger partial charge is 0.325 e. The predicted molar refractivity (Wildman–Crippen MR) is 82.8 cm³/mol. The number of hydrogen-bond donors (Lipinski definition) is 1. The maximum Gasteiger partial charge on any atom is 0.325 e. The van der Waals surface area contributed by atoms with E-state index >= 15 is 0 Å². The number of carbonyl (C=O) groups excluding carboxylic acids is 1. The molecule has 20 heavy (non-hydrogen) atoms. The number of nitrogens with zero attached hydrogens (tertiary/aromatic N) is 1. The maximum atomic E-state index is 11.8. The van der Waals surface area contributed by atoms with Crippen molar-refractivity contribution >= 4 is 5.97 Å². The standard InChI is InChI=1S/C16H32N2O2/c1-15(2)9-7-13(8-10-15)18(5)12-11-16(3,17-4)14(19)20-6/h13,17H,7-12H2,1-6H3. The van der Waals surface area contributed by atoms with Crippen LogP contribution < -0.4 is 5.32 Å². The highest BCUT2D eigenvalue weighted by atomic mass is 16.5. The van der Waals surface area contributed by atoms with Gasteiger partial charge in [-0.2, -0.15) is 0 Å². The van der Waals surface area contributed by atoms with Gasteiger partial charge >= 0.3 is 5.97 Å². The fraction of sp³-hybridized carbons (Fsp3) is 0.938. The van der Waals surface area contributed by atoms with E-state index in [1.165, 1.54) is 32.8 Å². The number of hydrogen-bond acceptors (Lipinski definition) is 4. The molecular weight excluding hydrogens is 252 g/mol. The fourth-order valence-corrected chi connectivity index (χ4v) is 2.96. The van der Waals surface area contributed by atoms with Crippen LogP contribution in [-0.2, 0) is 9.53 Å². The molecule has 1 fully saturated rings. The van der Waals surface area contributed by atoms with Crippen molar-refractivity contribution in [1.82, 2.24) is 10.2 Å². The SMILES string of the molecule is CNC(C)(CCN(C)C1CCC(C)(C)CC1)C(=O)OC. The van der Waals surface area contributed by atoms with Crippen LogP contribution in [-0.4, -0.2) is 50.2 Å². The molecule has 0 aromatic carbocycles. The minimum atomic E-state index is -0.586. The van der Waals surface area contributed by atoms with Gasteiger partial charge in [0.2, 0.25) is 0 Å². The third-order valence-corrected chi connectivity index (χ3v) is 5.08. The Morgan fingerprint density at radius 2 is 1.95 bits per heavy atom. The lowest BCUT2D eigenvalue weighted by Crippen LogP contribution is -2.51. The highest BCUT2D eigenvalue weighted by Crippen LogP contribution is 2.36. The second-order valence-corrected chi connectivity index (χ2v) is 7.20. The Hall–Kier alpha value is -0.610. The number of ether oxygens (including phenoxy) is 1. The first-order chi connectivity index (χ1) is 9.24. The molecule has 1 saturated carbocycles. The van der Waals surface area contributed by atoms with Crippen LogP contribution in [0.2, 0.25) is 0 Å². The van der Waals surface area contributed by atoms with Crippen LogP contribution in [0.3, 0.4) is 0 Å². The highest BCUT2D eigenvalue weighted by molar-refractivity contribution is 5.80. The third-order valence-electron chi connectivity index (χ3n) is 5.08. The van der Waals surface area contributed by atoms with E-state index in [-0.39, 0.29) is 5.97 Å². The fourth-order valence-electron chi connectivity index (χ4n) is 2.96. The second-order valence-electron chi connectivity index (χ2n) is 7.20. The van der Waals surface area contributed by atoms with Crippen LogP contribution in [0.5, 0.6) is 0 Å². The minimum Gasteiger partial charge on any atom is -0.468 e. The maximum absolute atomic E-state index is 11.8. The van der Waals surface area contributed by atoms with Gasteiger partial charge in [0.05, 0.1) is 7.11 Å². The zero-order valence-electron chi connectivity index (χ0n) is 14.1. The number of carbonyl (C=O) groups is 1. The summed E-state index contributed by atoms with van der Waals surface area (Å²) in [6, 6.07) is 0.654. The summed E-state index contributed by atoms with van der Waals surface area (Å²) < 4.78 is 4.89. The molecule has 0 aromatic rings. The van der Waals surface area contributed by atoms with Gasteiger partial charge in [-0.05, 0) is 58.5 Å². The van der Waals surface area contributed by atoms with Crippen molar-refractivity contribution in [2.45, 2.75) is 64.5 Å². The quantitative estimate of drug-likeness (QED) is 0.761. The molecule has 0 heterocycles. The van der Waals surface area contributed by atoms with Crippen LogP contribution >= 0.6 is 0 Å². The first-order valence-corrected chi connectivity index (χ1v) is 7.72. The number of rotatable bonds is 6. The van der Waals surface area contributed by atoms with Gasteiger partial charge in [0.15, 0.2) is 0 Å². The average Bonchev–Trinajstić information content (AvgIpc) is 2.43. The van der Waals surface area contributed by atoms with Gasteiger partial charge in [-0.3, -0.25) is 4.79 Å². The predicted octanol–water partition coefficient (Wildman–Crippen LogP) is 2.43. The van der Waals surface area contributed by atoms with Crippen LogP contribution in [0.25, 0.3) is 0 Å². The summed E-state index contributed by atoms with van der Waals surface area (Å²) in [6.45, 7) is 7.55. The summed E-state index contributed by atoms with van der Waals surface area (Å²) in [4.78, 5) is 14.2. The van der Waals surface area contributed by atoms with E-state index in [2.05, 4.69) is 31.1 Å². The average molecular weight is 284 g/mol. The molecule has 0 aromatic heterocycles. The molecule has 0 amide bonds. The Labute approximate surface area is 124 Å². The number of nitrogens with one attached hydrogen (secondary N) is 1. The Kier molecular flexibility index (Phi) is 6.02. The molecule has 0 saturated heterocycles. The summed E-state index contributed by atoms with van der Waals surface area (Å²) >= 11 is 0. The van der Waals surface area contributed by atoms with Crippen molar-refractivity contribution in [2.75, 3.05) is 27.7 Å². The monoisotopic (exact) mass is 284 g/mol. The van der Waals surface area contributed by atoms with Gasteiger partial charge in [0.25, 0.3) is 0 Å². The van der Waals surface area contributed by atoms with E-state index in [0.717, 1.165) is 13.0 Å². The van der Waals surface area contributed by atoms with Gasteiger partial charge in [0.1, 0.15) is 5.54 Å². The van der Waals surface area contributed by atoms with Crippen molar-refractivity contribution in [3.63, 3.8) is 0 Å². The first-order valence-electron chi connectivity index (χ1n) is 7.72. The Morgan fingerprint density at radius 3 is 2.40 bits per heavy atom. The van der Waals surface area contributed by atoms with E-state index in [0.29, 0.717) is 11.5 Å². The largest absolute Gasteiger partial charge is 0.468 e. The van der Waals surface area contributed by atoms with E-state index in [1.807, 2.05) is 14.0 Å². The zero-order chi connectivity index (χ0) is 15.4.